The second-order valence-corrected chi connectivity index (χ2v) is 8.87. The lowest BCUT2D eigenvalue weighted by atomic mass is 10.1. The van der Waals surface area contributed by atoms with Gasteiger partial charge in [-0.15, -0.1) is 10.2 Å². The van der Waals surface area contributed by atoms with Gasteiger partial charge in [-0.05, 0) is 42.0 Å². The second-order valence-electron chi connectivity index (χ2n) is 6.09. The lowest BCUT2D eigenvalue weighted by Gasteiger charge is -2.10. The van der Waals surface area contributed by atoms with Crippen LogP contribution in [-0.4, -0.2) is 40.5 Å². The average molecular weight is 436 g/mol. The van der Waals surface area contributed by atoms with E-state index >= 15 is 0 Å². The van der Waals surface area contributed by atoms with Crippen LogP contribution in [0.15, 0.2) is 53.7 Å². The number of carboxylic acids is 1. The van der Waals surface area contributed by atoms with Gasteiger partial charge in [0.2, 0.25) is 10.0 Å². The van der Waals surface area contributed by atoms with Crippen molar-refractivity contribution in [3.05, 3.63) is 71.3 Å². The largest absolute Gasteiger partial charge is 0.478 e. The highest BCUT2D eigenvalue weighted by molar-refractivity contribution is 7.98. The molecule has 152 valence electrons. The Labute approximate surface area is 170 Å². The number of sulfonamides is 1. The molecule has 0 bridgehead atoms. The minimum absolute atomic E-state index is 0.0723. The molecule has 0 atom stereocenters. The first-order valence-corrected chi connectivity index (χ1v) is 11.2. The number of rotatable bonds is 8. The molecule has 0 radical (unpaired) electrons. The van der Waals surface area contributed by atoms with Crippen LogP contribution < -0.4 is 4.72 Å². The summed E-state index contributed by atoms with van der Waals surface area (Å²) >= 11 is 1.34. The van der Waals surface area contributed by atoms with Gasteiger partial charge in [0.1, 0.15) is 5.82 Å². The first-order chi connectivity index (χ1) is 13.7. The molecule has 3 rings (SSSR count). The third-order valence-electron chi connectivity index (χ3n) is 3.85. The quantitative estimate of drug-likeness (QED) is 0.521. The molecular weight excluding hydrogens is 419 g/mol. The van der Waals surface area contributed by atoms with Gasteiger partial charge in [0, 0.05) is 11.4 Å². The van der Waals surface area contributed by atoms with Crippen LogP contribution >= 0.6 is 11.8 Å². The summed E-state index contributed by atoms with van der Waals surface area (Å²) < 4.78 is 40.2. The van der Waals surface area contributed by atoms with E-state index in [2.05, 4.69) is 14.9 Å². The summed E-state index contributed by atoms with van der Waals surface area (Å²) in [7, 11) is -3.43. The molecule has 0 unspecified atom stereocenters. The Morgan fingerprint density at radius 1 is 1.14 bits per heavy atom. The second kappa shape index (κ2) is 8.72. The van der Waals surface area contributed by atoms with Crippen molar-refractivity contribution < 1.29 is 22.7 Å². The van der Waals surface area contributed by atoms with Gasteiger partial charge >= 0.3 is 5.97 Å². The molecule has 2 N–H and O–H groups in total. The van der Waals surface area contributed by atoms with Crippen molar-refractivity contribution in [1.29, 1.82) is 0 Å². The smallest absolute Gasteiger partial charge is 0.335 e. The van der Waals surface area contributed by atoms with Gasteiger partial charge in [0.25, 0.3) is 0 Å². The molecule has 3 aromatic rings. The molecule has 11 heteroatoms. The van der Waals surface area contributed by atoms with Crippen molar-refractivity contribution >= 4 is 27.8 Å². The number of benzene rings is 2. The van der Waals surface area contributed by atoms with E-state index in [4.69, 9.17) is 5.11 Å². The Bertz CT molecular complexity index is 1110. The topological polar surface area (TPSA) is 114 Å². The summed E-state index contributed by atoms with van der Waals surface area (Å²) in [6.45, 7) is -0.0723. The monoisotopic (exact) mass is 436 g/mol. The molecule has 0 amide bonds. The summed E-state index contributed by atoms with van der Waals surface area (Å²) in [5.74, 6) is -0.557. The molecule has 8 nitrogen and oxygen atoms in total. The van der Waals surface area contributed by atoms with Crippen molar-refractivity contribution in [3.63, 3.8) is 0 Å². The fourth-order valence-electron chi connectivity index (χ4n) is 2.44. The van der Waals surface area contributed by atoms with E-state index in [-0.39, 0.29) is 12.1 Å². The van der Waals surface area contributed by atoms with Crippen molar-refractivity contribution in [2.45, 2.75) is 17.5 Å². The molecular formula is C18H17FN4O4S2. The summed E-state index contributed by atoms with van der Waals surface area (Å²) in [6.07, 6.45) is 1.04. The summed E-state index contributed by atoms with van der Waals surface area (Å²) in [4.78, 5) is 10.9. The van der Waals surface area contributed by atoms with Gasteiger partial charge in [0.15, 0.2) is 11.0 Å². The Balaban J connectivity index is 1.86. The van der Waals surface area contributed by atoms with Gasteiger partial charge in [-0.2, -0.15) is 0 Å². The van der Waals surface area contributed by atoms with Gasteiger partial charge < -0.3 is 5.11 Å². The van der Waals surface area contributed by atoms with E-state index in [1.807, 2.05) is 0 Å². The van der Waals surface area contributed by atoms with Crippen LogP contribution in [0.3, 0.4) is 0 Å². The maximum atomic E-state index is 13.3. The van der Waals surface area contributed by atoms with Crippen LogP contribution in [-0.2, 0) is 22.3 Å². The number of nitrogens with one attached hydrogen (secondary N) is 1. The molecule has 0 spiro atoms. The first kappa shape index (κ1) is 21.0. The molecule has 0 aliphatic heterocycles. The molecule has 0 aliphatic rings. The van der Waals surface area contributed by atoms with Crippen molar-refractivity contribution in [1.82, 2.24) is 19.5 Å². The van der Waals surface area contributed by atoms with E-state index in [0.717, 1.165) is 11.8 Å². The zero-order chi connectivity index (χ0) is 21.0. The van der Waals surface area contributed by atoms with Crippen molar-refractivity contribution in [2.75, 3.05) is 6.26 Å². The predicted octanol–water partition coefficient (Wildman–Crippen LogP) is 2.45. The molecule has 2 aromatic carbocycles. The lowest BCUT2D eigenvalue weighted by molar-refractivity contribution is 0.0697. The van der Waals surface area contributed by atoms with Crippen LogP contribution in [0.4, 0.5) is 4.39 Å². The fraction of sp³-hybridized carbons (Fsp3) is 0.167. The average Bonchev–Trinajstić information content (AvgIpc) is 3.08. The van der Waals surface area contributed by atoms with Gasteiger partial charge in [-0.3, -0.25) is 4.57 Å². The van der Waals surface area contributed by atoms with E-state index < -0.39 is 21.8 Å². The molecule has 1 heterocycles. The zero-order valence-corrected chi connectivity index (χ0v) is 16.9. The third-order valence-corrected chi connectivity index (χ3v) is 5.52. The van der Waals surface area contributed by atoms with E-state index in [0.29, 0.717) is 22.4 Å². The highest BCUT2D eigenvalue weighted by Gasteiger charge is 2.16. The number of thioether (sulfide) groups is 1. The summed E-state index contributed by atoms with van der Waals surface area (Å²) in [6, 6.07) is 12.1. The normalized spacial score (nSPS) is 11.5. The predicted molar refractivity (Wildman–Crippen MR) is 106 cm³/mol. The van der Waals surface area contributed by atoms with Gasteiger partial charge in [0.05, 0.1) is 18.4 Å². The van der Waals surface area contributed by atoms with Gasteiger partial charge in [-0.1, -0.05) is 23.9 Å². The van der Waals surface area contributed by atoms with Gasteiger partial charge in [-0.25, -0.2) is 22.3 Å². The molecule has 0 saturated heterocycles. The minimum atomic E-state index is -3.43. The number of carboxylic acid groups (broad SMARTS) is 1. The number of aromatic carboxylic acids is 1. The van der Waals surface area contributed by atoms with Crippen molar-refractivity contribution in [2.24, 2.45) is 0 Å². The standard InChI is InChI=1S/C18H17FN4O4S2/c1-29(26,27)20-10-16-21-22-18(23(16)15-8-6-14(19)7-9-15)28-11-12-2-4-13(5-3-12)17(24)25/h2-9,20H,10-11H2,1H3,(H,24,25). The molecule has 29 heavy (non-hydrogen) atoms. The lowest BCUT2D eigenvalue weighted by Crippen LogP contribution is -2.23. The highest BCUT2D eigenvalue weighted by Crippen LogP contribution is 2.25. The summed E-state index contributed by atoms with van der Waals surface area (Å²) in [5.41, 5.74) is 1.66. The zero-order valence-electron chi connectivity index (χ0n) is 15.2. The van der Waals surface area contributed by atoms with E-state index in [9.17, 15) is 17.6 Å². The highest BCUT2D eigenvalue weighted by atomic mass is 32.2. The number of halogens is 1. The Morgan fingerprint density at radius 3 is 2.38 bits per heavy atom. The molecule has 0 aliphatic carbocycles. The Kier molecular flexibility index (Phi) is 6.30. The van der Waals surface area contributed by atoms with Crippen LogP contribution in [0.1, 0.15) is 21.7 Å². The fourth-order valence-corrected chi connectivity index (χ4v) is 3.76. The number of nitrogens with zero attached hydrogens (tertiary/aromatic N) is 3. The minimum Gasteiger partial charge on any atom is -0.478 e. The van der Waals surface area contributed by atoms with E-state index in [1.165, 1.54) is 36.0 Å². The van der Waals surface area contributed by atoms with Crippen molar-refractivity contribution in [3.8, 4) is 5.69 Å². The molecule has 0 fully saturated rings. The Morgan fingerprint density at radius 2 is 1.79 bits per heavy atom. The number of hydrogen-bond donors (Lipinski definition) is 2. The van der Waals surface area contributed by atoms with Crippen LogP contribution in [0.2, 0.25) is 0 Å². The first-order valence-electron chi connectivity index (χ1n) is 8.33. The summed E-state index contributed by atoms with van der Waals surface area (Å²) in [5, 5.41) is 17.7. The molecule has 1 aromatic heterocycles. The van der Waals surface area contributed by atoms with Crippen LogP contribution in [0.25, 0.3) is 5.69 Å². The number of aromatic nitrogens is 3. The number of hydrogen-bond acceptors (Lipinski definition) is 6. The third kappa shape index (κ3) is 5.62. The maximum Gasteiger partial charge on any atom is 0.335 e. The SMILES string of the molecule is CS(=O)(=O)NCc1nnc(SCc2ccc(C(=O)O)cc2)n1-c1ccc(F)cc1. The number of carbonyl (C=O) groups is 1. The maximum absolute atomic E-state index is 13.3. The van der Waals surface area contributed by atoms with Crippen LogP contribution in [0, 0.1) is 5.82 Å². The molecule has 0 saturated carbocycles. The van der Waals surface area contributed by atoms with E-state index in [1.54, 1.807) is 28.8 Å². The Hall–Kier alpha value is -2.76. The van der Waals surface area contributed by atoms with Crippen LogP contribution in [0.5, 0.6) is 0 Å².